The number of amides is 1. The first-order chi connectivity index (χ1) is 10.6. The van der Waals surface area contributed by atoms with Gasteiger partial charge in [-0.1, -0.05) is 12.1 Å². The highest BCUT2D eigenvalue weighted by molar-refractivity contribution is 5.96. The highest BCUT2D eigenvalue weighted by atomic mass is 16.5. The van der Waals surface area contributed by atoms with Crippen molar-refractivity contribution in [3.8, 4) is 5.75 Å². The molecule has 2 rings (SSSR count). The number of nitrogens with two attached hydrogens (primary N) is 1. The number of carbonyl (C=O) groups is 2. The Morgan fingerprint density at radius 1 is 1.09 bits per heavy atom. The molecule has 22 heavy (non-hydrogen) atoms. The smallest absolute Gasteiger partial charge is 0.338 e. The number of nitrogens with one attached hydrogen (secondary N) is 1. The molecule has 3 N–H and O–H groups in total. The Bertz CT molecular complexity index is 668. The van der Waals surface area contributed by atoms with Gasteiger partial charge in [0.1, 0.15) is 5.75 Å². The summed E-state index contributed by atoms with van der Waals surface area (Å²) in [4.78, 5) is 23.6. The van der Waals surface area contributed by atoms with E-state index in [2.05, 4.69) is 5.32 Å². The first kappa shape index (κ1) is 15.4. The average Bonchev–Trinajstić information content (AvgIpc) is 2.54. The first-order valence-electron chi connectivity index (χ1n) is 6.55. The number of ether oxygens (including phenoxy) is 2. The molecule has 0 saturated heterocycles. The fraction of sp³-hybridized carbons (Fsp3) is 0.125. The van der Waals surface area contributed by atoms with Crippen LogP contribution < -0.4 is 15.8 Å². The predicted octanol–water partition coefficient (Wildman–Crippen LogP) is 2.07. The molecular formula is C16H16N2O4. The molecule has 0 atom stereocenters. The Labute approximate surface area is 127 Å². The lowest BCUT2D eigenvalue weighted by atomic mass is 10.2. The molecule has 0 aromatic heterocycles. The fourth-order valence-electron chi connectivity index (χ4n) is 1.77. The van der Waals surface area contributed by atoms with Crippen LogP contribution in [0, 0.1) is 0 Å². The van der Waals surface area contributed by atoms with E-state index in [1.165, 1.54) is 19.2 Å². The number of nitrogen functional groups attached to an aromatic ring is 1. The third kappa shape index (κ3) is 3.99. The van der Waals surface area contributed by atoms with Gasteiger partial charge in [-0.05, 0) is 36.4 Å². The van der Waals surface area contributed by atoms with Crippen molar-refractivity contribution in [3.63, 3.8) is 0 Å². The first-order valence-corrected chi connectivity index (χ1v) is 6.55. The van der Waals surface area contributed by atoms with Crippen LogP contribution in [0.3, 0.4) is 0 Å². The second-order valence-corrected chi connectivity index (χ2v) is 4.45. The Morgan fingerprint density at radius 3 is 2.45 bits per heavy atom. The zero-order valence-electron chi connectivity index (χ0n) is 12.0. The number of rotatable bonds is 5. The number of methoxy groups -OCH3 is 1. The van der Waals surface area contributed by atoms with Gasteiger partial charge in [-0.3, -0.25) is 4.79 Å². The summed E-state index contributed by atoms with van der Waals surface area (Å²) in [5.41, 5.74) is 6.93. The molecule has 0 unspecified atom stereocenters. The van der Waals surface area contributed by atoms with E-state index in [-0.39, 0.29) is 6.61 Å². The Balaban J connectivity index is 1.90. The molecule has 0 spiro atoms. The second-order valence-electron chi connectivity index (χ2n) is 4.45. The fourth-order valence-corrected chi connectivity index (χ4v) is 1.77. The number of hydrogen-bond acceptors (Lipinski definition) is 5. The van der Waals surface area contributed by atoms with Crippen molar-refractivity contribution in [2.75, 3.05) is 24.8 Å². The van der Waals surface area contributed by atoms with E-state index in [1.54, 1.807) is 36.4 Å². The van der Waals surface area contributed by atoms with Crippen molar-refractivity contribution < 1.29 is 19.1 Å². The van der Waals surface area contributed by atoms with E-state index >= 15 is 0 Å². The highest BCUT2D eigenvalue weighted by Gasteiger charge is 2.11. The Morgan fingerprint density at radius 2 is 1.77 bits per heavy atom. The number of esters is 1. The van der Waals surface area contributed by atoms with Crippen LogP contribution >= 0.6 is 0 Å². The molecule has 6 heteroatoms. The van der Waals surface area contributed by atoms with Gasteiger partial charge in [0.2, 0.25) is 0 Å². The minimum absolute atomic E-state index is 0.333. The molecule has 2 aromatic carbocycles. The lowest BCUT2D eigenvalue weighted by Gasteiger charge is -2.10. The summed E-state index contributed by atoms with van der Waals surface area (Å²) in [5, 5.41) is 2.62. The van der Waals surface area contributed by atoms with Crippen LogP contribution in [-0.2, 0) is 9.53 Å². The van der Waals surface area contributed by atoms with Crippen LogP contribution in [0.25, 0.3) is 0 Å². The molecule has 2 aromatic rings. The van der Waals surface area contributed by atoms with E-state index < -0.39 is 11.9 Å². The predicted molar refractivity (Wildman–Crippen MR) is 82.8 cm³/mol. The number of hydrogen-bond donors (Lipinski definition) is 2. The van der Waals surface area contributed by atoms with Crippen molar-refractivity contribution in [2.24, 2.45) is 0 Å². The van der Waals surface area contributed by atoms with Gasteiger partial charge in [0.15, 0.2) is 6.61 Å². The molecule has 0 aliphatic heterocycles. The van der Waals surface area contributed by atoms with E-state index in [4.69, 9.17) is 15.2 Å². The molecule has 0 aliphatic rings. The molecular weight excluding hydrogens is 284 g/mol. The summed E-state index contributed by atoms with van der Waals surface area (Å²) >= 11 is 0. The van der Waals surface area contributed by atoms with Crippen molar-refractivity contribution in [2.45, 2.75) is 0 Å². The summed E-state index contributed by atoms with van der Waals surface area (Å²) in [6.45, 7) is -0.388. The summed E-state index contributed by atoms with van der Waals surface area (Å²) in [7, 11) is 1.51. The second kappa shape index (κ2) is 7.12. The molecule has 0 aliphatic carbocycles. The van der Waals surface area contributed by atoms with Gasteiger partial charge in [0, 0.05) is 5.69 Å². The van der Waals surface area contributed by atoms with Gasteiger partial charge >= 0.3 is 5.97 Å². The maximum atomic E-state index is 11.8. The monoisotopic (exact) mass is 300 g/mol. The van der Waals surface area contributed by atoms with E-state index in [1.807, 2.05) is 0 Å². The normalized spacial score (nSPS) is 9.86. The van der Waals surface area contributed by atoms with Gasteiger partial charge < -0.3 is 20.5 Å². The maximum absolute atomic E-state index is 11.8. The van der Waals surface area contributed by atoms with Crippen LogP contribution in [0.4, 0.5) is 11.4 Å². The molecule has 0 bridgehead atoms. The SMILES string of the molecule is COc1ccccc1NC(=O)COC(=O)c1ccc(N)cc1. The number of carbonyl (C=O) groups excluding carboxylic acids is 2. The lowest BCUT2D eigenvalue weighted by molar-refractivity contribution is -0.119. The standard InChI is InChI=1S/C16H16N2O4/c1-21-14-5-3-2-4-13(14)18-15(19)10-22-16(20)11-6-8-12(17)9-7-11/h2-9H,10,17H2,1H3,(H,18,19). The van der Waals surface area contributed by atoms with Crippen LogP contribution in [0.5, 0.6) is 5.75 Å². The minimum Gasteiger partial charge on any atom is -0.495 e. The minimum atomic E-state index is -0.588. The van der Waals surface area contributed by atoms with Crippen LogP contribution in [0.15, 0.2) is 48.5 Å². The topological polar surface area (TPSA) is 90.6 Å². The molecule has 114 valence electrons. The third-order valence-corrected chi connectivity index (χ3v) is 2.86. The molecule has 6 nitrogen and oxygen atoms in total. The van der Waals surface area contributed by atoms with Crippen molar-refractivity contribution in [1.29, 1.82) is 0 Å². The van der Waals surface area contributed by atoms with Gasteiger partial charge in [0.25, 0.3) is 5.91 Å². The van der Waals surface area contributed by atoms with Crippen LogP contribution in [0.1, 0.15) is 10.4 Å². The Hall–Kier alpha value is -3.02. The van der Waals surface area contributed by atoms with Crippen molar-refractivity contribution >= 4 is 23.3 Å². The molecule has 0 heterocycles. The van der Waals surface area contributed by atoms with Gasteiger partial charge in [0.05, 0.1) is 18.4 Å². The zero-order valence-corrected chi connectivity index (χ0v) is 12.0. The van der Waals surface area contributed by atoms with Gasteiger partial charge in [-0.2, -0.15) is 0 Å². The summed E-state index contributed by atoms with van der Waals surface area (Å²) in [6, 6.07) is 13.2. The van der Waals surface area contributed by atoms with E-state index in [9.17, 15) is 9.59 Å². The molecule has 0 fully saturated rings. The van der Waals surface area contributed by atoms with Gasteiger partial charge in [-0.25, -0.2) is 4.79 Å². The maximum Gasteiger partial charge on any atom is 0.338 e. The molecule has 0 saturated carbocycles. The molecule has 1 amide bonds. The Kier molecular flexibility index (Phi) is 4.98. The van der Waals surface area contributed by atoms with Crippen LogP contribution in [0.2, 0.25) is 0 Å². The zero-order chi connectivity index (χ0) is 15.9. The average molecular weight is 300 g/mol. The summed E-state index contributed by atoms with van der Waals surface area (Å²) < 4.78 is 10.1. The summed E-state index contributed by atoms with van der Waals surface area (Å²) in [6.07, 6.45) is 0. The number of anilines is 2. The van der Waals surface area contributed by atoms with E-state index in [0.29, 0.717) is 22.7 Å². The van der Waals surface area contributed by atoms with Crippen molar-refractivity contribution in [1.82, 2.24) is 0 Å². The van der Waals surface area contributed by atoms with Crippen LogP contribution in [-0.4, -0.2) is 25.6 Å². The van der Waals surface area contributed by atoms with Gasteiger partial charge in [-0.15, -0.1) is 0 Å². The third-order valence-electron chi connectivity index (χ3n) is 2.86. The lowest BCUT2D eigenvalue weighted by Crippen LogP contribution is -2.21. The number of benzene rings is 2. The van der Waals surface area contributed by atoms with E-state index in [0.717, 1.165) is 0 Å². The highest BCUT2D eigenvalue weighted by Crippen LogP contribution is 2.22. The molecule has 0 radical (unpaired) electrons. The quantitative estimate of drug-likeness (QED) is 0.651. The summed E-state index contributed by atoms with van der Waals surface area (Å²) in [5.74, 6) is -0.510. The largest absolute Gasteiger partial charge is 0.495 e. The van der Waals surface area contributed by atoms with Crippen molar-refractivity contribution in [3.05, 3.63) is 54.1 Å². The number of para-hydroxylation sites is 2.